The molecule has 11 heteroatoms. The molecule has 1 aromatic carbocycles. The van der Waals surface area contributed by atoms with Gasteiger partial charge in [0.25, 0.3) is 15.6 Å². The maximum atomic E-state index is 12.3. The maximum Gasteiger partial charge on any atom is 0.271 e. The zero-order valence-corrected chi connectivity index (χ0v) is 17.0. The Bertz CT molecular complexity index is 1290. The predicted molar refractivity (Wildman–Crippen MR) is 109 cm³/mol. The molecule has 3 rings (SSSR count). The summed E-state index contributed by atoms with van der Waals surface area (Å²) in [6, 6.07) is 7.58. The van der Waals surface area contributed by atoms with Crippen LogP contribution in [0.4, 0.5) is 10.8 Å². The van der Waals surface area contributed by atoms with Crippen molar-refractivity contribution in [3.8, 4) is 11.9 Å². The van der Waals surface area contributed by atoms with Gasteiger partial charge in [0, 0.05) is 24.8 Å². The Hall–Kier alpha value is -3.49. The molecule has 0 aliphatic rings. The van der Waals surface area contributed by atoms with E-state index in [4.69, 9.17) is 5.26 Å². The van der Waals surface area contributed by atoms with Gasteiger partial charge in [-0.15, -0.1) is 11.3 Å². The topological polar surface area (TPSA) is 137 Å². The quantitative estimate of drug-likeness (QED) is 0.597. The molecule has 0 amide bonds. The Labute approximate surface area is 170 Å². The maximum absolute atomic E-state index is 12.3. The number of thiazole rings is 1. The van der Waals surface area contributed by atoms with Gasteiger partial charge in [0.15, 0.2) is 5.13 Å². The minimum absolute atomic E-state index is 0.0413. The highest BCUT2D eigenvalue weighted by Gasteiger charge is 2.17. The van der Waals surface area contributed by atoms with Gasteiger partial charge >= 0.3 is 0 Å². The van der Waals surface area contributed by atoms with Crippen LogP contribution in [-0.4, -0.2) is 29.3 Å². The minimum atomic E-state index is -3.77. The lowest BCUT2D eigenvalue weighted by atomic mass is 10.1. The molecule has 9 nitrogen and oxygen atoms in total. The summed E-state index contributed by atoms with van der Waals surface area (Å²) in [4.78, 5) is 20.1. The Kier molecular flexibility index (Phi) is 5.49. The Balaban J connectivity index is 1.89. The van der Waals surface area contributed by atoms with E-state index in [0.717, 1.165) is 4.57 Å². The first-order valence-corrected chi connectivity index (χ1v) is 10.5. The lowest BCUT2D eigenvalue weighted by Gasteiger charge is -2.09. The average Bonchev–Trinajstić information content (AvgIpc) is 3.19. The smallest absolute Gasteiger partial charge is 0.271 e. The number of pyridine rings is 1. The fourth-order valence-corrected chi connectivity index (χ4v) is 4.28. The molecular formula is C18H15N5O4S2. The van der Waals surface area contributed by atoms with Gasteiger partial charge in [-0.1, -0.05) is 0 Å². The summed E-state index contributed by atoms with van der Waals surface area (Å²) in [6.07, 6.45) is 2.82. The fraction of sp³-hybridized carbons (Fsp3) is 0.111. The Morgan fingerprint density at radius 3 is 2.62 bits per heavy atom. The van der Waals surface area contributed by atoms with E-state index >= 15 is 0 Å². The molecule has 0 fully saturated rings. The average molecular weight is 429 g/mol. The van der Waals surface area contributed by atoms with Crippen LogP contribution in [0.15, 0.2) is 50.5 Å². The molecule has 0 bridgehead atoms. The first kappa shape index (κ1) is 20.2. The highest BCUT2D eigenvalue weighted by Crippen LogP contribution is 2.22. The molecule has 2 heterocycles. The molecule has 3 aromatic rings. The third kappa shape index (κ3) is 4.03. The number of rotatable bonds is 5. The Morgan fingerprint density at radius 2 is 2.03 bits per heavy atom. The third-order valence-electron chi connectivity index (χ3n) is 4.11. The second-order valence-corrected chi connectivity index (χ2v) is 8.49. The van der Waals surface area contributed by atoms with Gasteiger partial charge in [0.1, 0.15) is 11.6 Å². The van der Waals surface area contributed by atoms with E-state index in [2.05, 4.69) is 14.7 Å². The van der Waals surface area contributed by atoms with Crippen LogP contribution in [0.5, 0.6) is 5.88 Å². The van der Waals surface area contributed by atoms with Crippen molar-refractivity contribution < 1.29 is 13.5 Å². The molecule has 2 N–H and O–H groups in total. The highest BCUT2D eigenvalue weighted by atomic mass is 32.2. The van der Waals surface area contributed by atoms with Gasteiger partial charge in [-0.25, -0.2) is 13.4 Å². The molecule has 0 unspecified atom stereocenters. The molecule has 0 saturated heterocycles. The largest absolute Gasteiger partial charge is 0.494 e. The molecule has 0 radical (unpaired) electrons. The molecular weight excluding hydrogens is 414 g/mol. The summed E-state index contributed by atoms with van der Waals surface area (Å²) in [6.45, 7) is 1.54. The summed E-state index contributed by atoms with van der Waals surface area (Å²) in [5, 5.41) is 21.3. The van der Waals surface area contributed by atoms with E-state index in [9.17, 15) is 18.3 Å². The van der Waals surface area contributed by atoms with E-state index in [1.807, 2.05) is 6.07 Å². The van der Waals surface area contributed by atoms with E-state index in [0.29, 0.717) is 11.3 Å². The monoisotopic (exact) mass is 429 g/mol. The SMILES string of the molecule is Cc1c(C=Nc2ccc(S(=O)(=O)Nc3nccs3)cc2)c(O)n(C)c(=O)c1C#N. The number of nitrogens with zero attached hydrogens (tertiary/aromatic N) is 4. The van der Waals surface area contributed by atoms with Crippen molar-refractivity contribution >= 4 is 38.4 Å². The van der Waals surface area contributed by atoms with Crippen molar-refractivity contribution in [2.24, 2.45) is 12.0 Å². The van der Waals surface area contributed by atoms with Crippen molar-refractivity contribution in [3.63, 3.8) is 0 Å². The number of aliphatic imine (C=N–C) groups is 1. The number of nitriles is 1. The van der Waals surface area contributed by atoms with Crippen molar-refractivity contribution in [1.29, 1.82) is 5.26 Å². The fourth-order valence-electron chi connectivity index (χ4n) is 2.49. The first-order chi connectivity index (χ1) is 13.7. The zero-order chi connectivity index (χ0) is 21.2. The van der Waals surface area contributed by atoms with E-state index in [-0.39, 0.29) is 27.0 Å². The zero-order valence-electron chi connectivity index (χ0n) is 15.3. The number of aromatic nitrogens is 2. The molecule has 0 spiro atoms. The lowest BCUT2D eigenvalue weighted by Crippen LogP contribution is -2.22. The van der Waals surface area contributed by atoms with Gasteiger partial charge in [-0.05, 0) is 36.8 Å². The van der Waals surface area contributed by atoms with Crippen LogP contribution in [0.25, 0.3) is 0 Å². The second-order valence-electron chi connectivity index (χ2n) is 5.91. The number of hydrogen-bond acceptors (Lipinski definition) is 8. The van der Waals surface area contributed by atoms with Crippen LogP contribution in [0, 0.1) is 18.3 Å². The Morgan fingerprint density at radius 1 is 1.34 bits per heavy atom. The minimum Gasteiger partial charge on any atom is -0.494 e. The van der Waals surface area contributed by atoms with Gasteiger partial charge in [-0.2, -0.15) is 5.26 Å². The third-order valence-corrected chi connectivity index (χ3v) is 6.28. The van der Waals surface area contributed by atoms with Crippen LogP contribution >= 0.6 is 11.3 Å². The molecule has 148 valence electrons. The molecule has 0 atom stereocenters. The van der Waals surface area contributed by atoms with E-state index in [1.165, 1.54) is 55.1 Å². The van der Waals surface area contributed by atoms with Crippen molar-refractivity contribution in [1.82, 2.24) is 9.55 Å². The van der Waals surface area contributed by atoms with Crippen molar-refractivity contribution in [2.75, 3.05) is 4.72 Å². The first-order valence-electron chi connectivity index (χ1n) is 8.13. The summed E-state index contributed by atoms with van der Waals surface area (Å²) in [5.41, 5.74) is 0.280. The van der Waals surface area contributed by atoms with Gasteiger partial charge in [0.2, 0.25) is 5.88 Å². The normalized spacial score (nSPS) is 11.5. The van der Waals surface area contributed by atoms with Gasteiger partial charge in [0.05, 0.1) is 16.1 Å². The van der Waals surface area contributed by atoms with Crippen LogP contribution in [0.2, 0.25) is 0 Å². The molecule has 0 saturated carbocycles. The molecule has 2 aromatic heterocycles. The van der Waals surface area contributed by atoms with Crippen LogP contribution in [-0.2, 0) is 17.1 Å². The summed E-state index contributed by atoms with van der Waals surface area (Å²) >= 11 is 1.17. The van der Waals surface area contributed by atoms with Crippen LogP contribution in [0.3, 0.4) is 0 Å². The van der Waals surface area contributed by atoms with Crippen molar-refractivity contribution in [3.05, 3.63) is 62.9 Å². The van der Waals surface area contributed by atoms with E-state index < -0.39 is 15.6 Å². The number of nitrogens with one attached hydrogen (secondary N) is 1. The van der Waals surface area contributed by atoms with Crippen molar-refractivity contribution in [2.45, 2.75) is 11.8 Å². The van der Waals surface area contributed by atoms with Gasteiger partial charge in [-0.3, -0.25) is 19.1 Å². The molecule has 29 heavy (non-hydrogen) atoms. The summed E-state index contributed by atoms with van der Waals surface area (Å²) in [7, 11) is -2.42. The number of hydrogen-bond donors (Lipinski definition) is 2. The highest BCUT2D eigenvalue weighted by molar-refractivity contribution is 7.93. The number of benzene rings is 1. The second kappa shape index (κ2) is 7.86. The number of sulfonamides is 1. The van der Waals surface area contributed by atoms with E-state index in [1.54, 1.807) is 12.3 Å². The molecule has 0 aliphatic carbocycles. The van der Waals surface area contributed by atoms with Gasteiger partial charge < -0.3 is 5.11 Å². The lowest BCUT2D eigenvalue weighted by molar-refractivity contribution is 0.421. The summed E-state index contributed by atoms with van der Waals surface area (Å²) < 4.78 is 28.0. The summed E-state index contributed by atoms with van der Waals surface area (Å²) in [5.74, 6) is -0.318. The molecule has 0 aliphatic heterocycles. The standard InChI is InChI=1S/C18H15N5O4S2/c1-11-14(9-19)16(24)23(2)17(25)15(11)10-21-12-3-5-13(6-4-12)29(26,27)22-18-20-7-8-28-18/h3-8,10,25H,1-2H3,(H,20,22). The number of anilines is 1. The van der Waals surface area contributed by atoms with Crippen LogP contribution < -0.4 is 10.3 Å². The number of aromatic hydroxyl groups is 1. The van der Waals surface area contributed by atoms with Crippen LogP contribution in [0.1, 0.15) is 16.7 Å². The predicted octanol–water partition coefficient (Wildman–Crippen LogP) is 2.28.